The molecular weight excluding hydrogens is 381 g/mol. The van der Waals surface area contributed by atoms with Crippen LogP contribution in [0, 0.1) is 0 Å². The SMILES string of the molecule is CC1=C[C@H]2c3cccc(N(C)C4(C)C=CC=CC4[Si](C)(C)C)c3SC2C(F)=C1. The molecule has 0 saturated carbocycles. The van der Waals surface area contributed by atoms with Crippen LogP contribution in [0.15, 0.2) is 71.0 Å². The molecule has 4 atom stereocenters. The Bertz CT molecular complexity index is 923. The molecule has 0 fully saturated rings. The van der Waals surface area contributed by atoms with Crippen LogP contribution < -0.4 is 4.90 Å². The Labute approximate surface area is 174 Å². The van der Waals surface area contributed by atoms with E-state index in [1.54, 1.807) is 17.8 Å². The minimum absolute atomic E-state index is 0.00601. The zero-order chi connectivity index (χ0) is 20.3. The Balaban J connectivity index is 1.78. The highest BCUT2D eigenvalue weighted by Crippen LogP contribution is 2.56. The summed E-state index contributed by atoms with van der Waals surface area (Å²) >= 11 is 1.70. The summed E-state index contributed by atoms with van der Waals surface area (Å²) in [7, 11) is 0.781. The number of hydrogen-bond acceptors (Lipinski definition) is 2. The first-order chi connectivity index (χ1) is 13.1. The van der Waals surface area contributed by atoms with E-state index in [1.807, 2.05) is 6.92 Å². The highest BCUT2D eigenvalue weighted by Gasteiger charge is 2.45. The van der Waals surface area contributed by atoms with E-state index in [0.717, 1.165) is 5.57 Å². The lowest BCUT2D eigenvalue weighted by Gasteiger charge is -2.49. The lowest BCUT2D eigenvalue weighted by molar-refractivity contribution is 0.534. The Kier molecular flexibility index (Phi) is 4.78. The Morgan fingerprint density at radius 1 is 1.18 bits per heavy atom. The van der Waals surface area contributed by atoms with Gasteiger partial charge in [0.25, 0.3) is 0 Å². The molecule has 0 bridgehead atoms. The van der Waals surface area contributed by atoms with Crippen molar-refractivity contribution < 1.29 is 4.39 Å². The van der Waals surface area contributed by atoms with E-state index in [2.05, 4.69) is 87.1 Å². The third-order valence-electron chi connectivity index (χ3n) is 6.53. The van der Waals surface area contributed by atoms with Gasteiger partial charge in [-0.3, -0.25) is 0 Å². The summed E-state index contributed by atoms with van der Waals surface area (Å²) in [6.45, 7) is 11.7. The minimum atomic E-state index is -1.43. The lowest BCUT2D eigenvalue weighted by Crippen LogP contribution is -2.53. The second-order valence-electron chi connectivity index (χ2n) is 9.57. The van der Waals surface area contributed by atoms with E-state index < -0.39 is 8.07 Å². The van der Waals surface area contributed by atoms with Crippen LogP contribution in [0.25, 0.3) is 0 Å². The number of fused-ring (bicyclic) bond motifs is 3. The molecule has 0 N–H and O–H groups in total. The van der Waals surface area contributed by atoms with Gasteiger partial charge in [-0.2, -0.15) is 0 Å². The molecule has 1 nitrogen and oxygen atoms in total. The second kappa shape index (κ2) is 6.77. The largest absolute Gasteiger partial charge is 0.365 e. The summed E-state index contributed by atoms with van der Waals surface area (Å²) in [4.78, 5) is 3.69. The van der Waals surface area contributed by atoms with E-state index in [0.29, 0.717) is 5.54 Å². The first-order valence-corrected chi connectivity index (χ1v) is 14.5. The predicted octanol–water partition coefficient (Wildman–Crippen LogP) is 7.09. The van der Waals surface area contributed by atoms with Crippen LogP contribution in [0.4, 0.5) is 10.1 Å². The maximum Gasteiger partial charge on any atom is 0.114 e. The van der Waals surface area contributed by atoms with Crippen LogP contribution in [-0.4, -0.2) is 25.9 Å². The molecule has 0 spiro atoms. The fourth-order valence-electron chi connectivity index (χ4n) is 5.07. The Hall–Kier alpha value is -1.52. The fourth-order valence-corrected chi connectivity index (χ4v) is 9.27. The van der Waals surface area contributed by atoms with Crippen molar-refractivity contribution in [2.24, 2.45) is 0 Å². The van der Waals surface area contributed by atoms with E-state index in [4.69, 9.17) is 0 Å². The van der Waals surface area contributed by atoms with Crippen molar-refractivity contribution in [2.45, 2.75) is 60.6 Å². The molecule has 148 valence electrons. The van der Waals surface area contributed by atoms with Gasteiger partial charge in [0.2, 0.25) is 0 Å². The first kappa shape index (κ1) is 19.8. The van der Waals surface area contributed by atoms with Gasteiger partial charge in [-0.05, 0) is 37.1 Å². The van der Waals surface area contributed by atoms with Gasteiger partial charge in [-0.1, -0.05) is 67.7 Å². The van der Waals surface area contributed by atoms with Crippen LogP contribution in [-0.2, 0) is 0 Å². The number of likely N-dealkylation sites (N-methyl/N-ethyl adjacent to an activating group) is 1. The quantitative estimate of drug-likeness (QED) is 0.489. The summed E-state index contributed by atoms with van der Waals surface area (Å²) in [5, 5.41) is -0.115. The number of anilines is 1. The molecule has 1 heterocycles. The fraction of sp³-hybridized carbons (Fsp3) is 0.417. The van der Waals surface area contributed by atoms with Gasteiger partial charge >= 0.3 is 0 Å². The third kappa shape index (κ3) is 3.05. The maximum atomic E-state index is 14.7. The van der Waals surface area contributed by atoms with Gasteiger partial charge < -0.3 is 4.90 Å². The maximum absolute atomic E-state index is 14.7. The van der Waals surface area contributed by atoms with Gasteiger partial charge in [0, 0.05) is 17.9 Å². The van der Waals surface area contributed by atoms with E-state index in [9.17, 15) is 4.39 Å². The van der Waals surface area contributed by atoms with Crippen LogP contribution in [0.2, 0.25) is 25.2 Å². The summed E-state index contributed by atoms with van der Waals surface area (Å²) in [6.07, 6.45) is 13.1. The van der Waals surface area contributed by atoms with E-state index >= 15 is 0 Å². The van der Waals surface area contributed by atoms with Crippen molar-refractivity contribution in [1.82, 2.24) is 0 Å². The Morgan fingerprint density at radius 3 is 2.64 bits per heavy atom. The molecule has 4 rings (SSSR count). The molecule has 1 aromatic rings. The van der Waals surface area contributed by atoms with Gasteiger partial charge in [0.15, 0.2) is 0 Å². The van der Waals surface area contributed by atoms with Gasteiger partial charge in [-0.15, -0.1) is 11.8 Å². The molecule has 0 amide bonds. The molecule has 1 aromatic carbocycles. The van der Waals surface area contributed by atoms with Crippen molar-refractivity contribution in [3.63, 3.8) is 0 Å². The first-order valence-electron chi connectivity index (χ1n) is 10.1. The van der Waals surface area contributed by atoms with Crippen molar-refractivity contribution >= 4 is 25.5 Å². The van der Waals surface area contributed by atoms with Crippen LogP contribution in [0.5, 0.6) is 0 Å². The highest BCUT2D eigenvalue weighted by molar-refractivity contribution is 8.00. The minimum Gasteiger partial charge on any atom is -0.365 e. The number of allylic oxidation sites excluding steroid dienone is 5. The van der Waals surface area contributed by atoms with Crippen molar-refractivity contribution in [3.05, 3.63) is 71.6 Å². The standard InChI is InChI=1S/C24H30FNSSi/c1-16-14-18-17-10-9-11-20(23(17)27-22(18)19(25)15-16)26(3)24(2)13-8-7-12-21(24)28(4,5)6/h7-15,18,21-22H,1-6H3/t18-,21?,22?,24?/m0/s1. The summed E-state index contributed by atoms with van der Waals surface area (Å²) in [5.74, 6) is 0.146. The van der Waals surface area contributed by atoms with Gasteiger partial charge in [0.05, 0.1) is 24.6 Å². The van der Waals surface area contributed by atoms with Crippen LogP contribution >= 0.6 is 11.8 Å². The molecule has 4 heteroatoms. The van der Waals surface area contributed by atoms with Crippen molar-refractivity contribution in [1.29, 1.82) is 0 Å². The molecule has 2 aliphatic carbocycles. The molecule has 0 radical (unpaired) electrons. The predicted molar refractivity (Wildman–Crippen MR) is 124 cm³/mol. The molecule has 0 saturated heterocycles. The number of thioether (sulfide) groups is 1. The number of nitrogens with zero attached hydrogens (tertiary/aromatic N) is 1. The smallest absolute Gasteiger partial charge is 0.114 e. The zero-order valence-corrected chi connectivity index (χ0v) is 19.5. The zero-order valence-electron chi connectivity index (χ0n) is 17.7. The van der Waals surface area contributed by atoms with Gasteiger partial charge in [0.1, 0.15) is 5.83 Å². The number of hydrogen-bond donors (Lipinski definition) is 0. The second-order valence-corrected chi connectivity index (χ2v) is 16.1. The topological polar surface area (TPSA) is 3.24 Å². The van der Waals surface area contributed by atoms with Crippen LogP contribution in [0.1, 0.15) is 25.3 Å². The van der Waals surface area contributed by atoms with Crippen molar-refractivity contribution in [2.75, 3.05) is 11.9 Å². The molecule has 0 aromatic heterocycles. The molecule has 3 unspecified atom stereocenters. The van der Waals surface area contributed by atoms with Gasteiger partial charge in [-0.25, -0.2) is 4.39 Å². The summed E-state index contributed by atoms with van der Waals surface area (Å²) < 4.78 is 14.7. The molecule has 28 heavy (non-hydrogen) atoms. The molecule has 3 aliphatic rings. The summed E-state index contributed by atoms with van der Waals surface area (Å²) in [6, 6.07) is 6.53. The average molecular weight is 412 g/mol. The summed E-state index contributed by atoms with van der Waals surface area (Å²) in [5.41, 5.74) is 3.95. The van der Waals surface area contributed by atoms with Crippen molar-refractivity contribution in [3.8, 4) is 0 Å². The molecular formula is C24H30FNSSi. The number of rotatable bonds is 3. The average Bonchev–Trinajstić information content (AvgIpc) is 2.99. The van der Waals surface area contributed by atoms with E-state index in [-0.39, 0.29) is 22.5 Å². The Morgan fingerprint density at radius 2 is 1.93 bits per heavy atom. The van der Waals surface area contributed by atoms with E-state index in [1.165, 1.54) is 16.1 Å². The lowest BCUT2D eigenvalue weighted by atomic mass is 9.87. The monoisotopic (exact) mass is 411 g/mol. The number of benzene rings is 1. The highest BCUT2D eigenvalue weighted by atomic mass is 32.2. The third-order valence-corrected chi connectivity index (χ3v) is 10.6. The normalized spacial score (nSPS) is 31.2. The van der Waals surface area contributed by atoms with Crippen LogP contribution in [0.3, 0.4) is 0 Å². The number of halogens is 1. The molecule has 1 aliphatic heterocycles.